The van der Waals surface area contributed by atoms with E-state index in [4.69, 9.17) is 4.74 Å². The van der Waals surface area contributed by atoms with E-state index in [2.05, 4.69) is 40.6 Å². The molecule has 22 heavy (non-hydrogen) atoms. The first-order valence-corrected chi connectivity index (χ1v) is 9.86. The molecule has 2 atom stereocenters. The predicted octanol–water partition coefficient (Wildman–Crippen LogP) is 1.79. The summed E-state index contributed by atoms with van der Waals surface area (Å²) in [4.78, 5) is 6.77. The van der Waals surface area contributed by atoms with Gasteiger partial charge >= 0.3 is 0 Å². The van der Waals surface area contributed by atoms with Gasteiger partial charge in [-0.1, -0.05) is 0 Å². The third-order valence-electron chi connectivity index (χ3n) is 3.73. The lowest BCUT2D eigenvalue weighted by Gasteiger charge is -2.35. The molecule has 6 heteroatoms. The molecule has 1 aliphatic heterocycles. The van der Waals surface area contributed by atoms with E-state index in [0.717, 1.165) is 45.1 Å². The second kappa shape index (κ2) is 12.0. The fourth-order valence-electron chi connectivity index (χ4n) is 2.78. The average Bonchev–Trinajstić information content (AvgIpc) is 2.48. The molecule has 0 aliphatic carbocycles. The van der Waals surface area contributed by atoms with Crippen molar-refractivity contribution < 1.29 is 4.74 Å². The van der Waals surface area contributed by atoms with Crippen LogP contribution in [-0.4, -0.2) is 74.8 Å². The summed E-state index contributed by atoms with van der Waals surface area (Å²) in [5.41, 5.74) is 0. The van der Waals surface area contributed by atoms with E-state index in [-0.39, 0.29) is 0 Å². The Morgan fingerprint density at radius 1 is 1.14 bits per heavy atom. The van der Waals surface area contributed by atoms with Crippen molar-refractivity contribution in [2.24, 2.45) is 4.99 Å². The highest BCUT2D eigenvalue weighted by Gasteiger charge is 2.21. The summed E-state index contributed by atoms with van der Waals surface area (Å²) in [6.45, 7) is 9.49. The molecule has 1 saturated heterocycles. The van der Waals surface area contributed by atoms with Gasteiger partial charge < -0.3 is 15.4 Å². The van der Waals surface area contributed by atoms with Gasteiger partial charge in [0, 0.05) is 39.8 Å². The number of thioether (sulfide) groups is 1. The van der Waals surface area contributed by atoms with Crippen molar-refractivity contribution in [1.82, 2.24) is 15.5 Å². The van der Waals surface area contributed by atoms with Crippen molar-refractivity contribution in [2.75, 3.05) is 51.8 Å². The number of hydrogen-bond acceptors (Lipinski definition) is 4. The Morgan fingerprint density at radius 2 is 1.77 bits per heavy atom. The average molecular weight is 331 g/mol. The van der Waals surface area contributed by atoms with Crippen LogP contribution in [-0.2, 0) is 4.74 Å². The van der Waals surface area contributed by atoms with Crippen molar-refractivity contribution in [3.05, 3.63) is 0 Å². The molecular weight excluding hydrogens is 296 g/mol. The summed E-state index contributed by atoms with van der Waals surface area (Å²) in [5.74, 6) is 2.16. The molecule has 1 aliphatic rings. The van der Waals surface area contributed by atoms with Crippen molar-refractivity contribution in [2.45, 2.75) is 45.3 Å². The van der Waals surface area contributed by atoms with E-state index in [0.29, 0.717) is 12.2 Å². The molecule has 0 aromatic carbocycles. The van der Waals surface area contributed by atoms with Crippen LogP contribution in [0.2, 0.25) is 0 Å². The van der Waals surface area contributed by atoms with E-state index in [1.54, 1.807) is 0 Å². The van der Waals surface area contributed by atoms with Gasteiger partial charge in [-0.3, -0.25) is 9.89 Å². The minimum Gasteiger partial charge on any atom is -0.373 e. The largest absolute Gasteiger partial charge is 0.373 e. The van der Waals surface area contributed by atoms with Gasteiger partial charge in [-0.05, 0) is 45.1 Å². The molecule has 0 radical (unpaired) electrons. The zero-order valence-corrected chi connectivity index (χ0v) is 15.5. The lowest BCUT2D eigenvalue weighted by atomic mass is 10.2. The predicted molar refractivity (Wildman–Crippen MR) is 98.0 cm³/mol. The first kappa shape index (κ1) is 19.6. The van der Waals surface area contributed by atoms with E-state index in [1.807, 2.05) is 18.8 Å². The Balaban J connectivity index is 2.06. The number of hydrogen-bond donors (Lipinski definition) is 2. The van der Waals surface area contributed by atoms with Crippen LogP contribution in [0.25, 0.3) is 0 Å². The number of morpholine rings is 1. The zero-order valence-electron chi connectivity index (χ0n) is 14.7. The highest BCUT2D eigenvalue weighted by molar-refractivity contribution is 7.98. The van der Waals surface area contributed by atoms with Crippen molar-refractivity contribution in [3.63, 3.8) is 0 Å². The molecule has 0 bridgehead atoms. The highest BCUT2D eigenvalue weighted by Crippen LogP contribution is 2.10. The van der Waals surface area contributed by atoms with Crippen LogP contribution in [0.15, 0.2) is 4.99 Å². The van der Waals surface area contributed by atoms with Crippen LogP contribution >= 0.6 is 11.8 Å². The van der Waals surface area contributed by atoms with E-state index in [1.165, 1.54) is 18.6 Å². The Morgan fingerprint density at radius 3 is 2.36 bits per heavy atom. The third kappa shape index (κ3) is 8.86. The standard InChI is InChI=1S/C16H34N4OS/c1-14-12-20(13-15(2)21-14)10-7-9-19-16(17-3)18-8-5-6-11-22-4/h14-15H,5-13H2,1-4H3,(H2,17,18,19). The van der Waals surface area contributed by atoms with Crippen molar-refractivity contribution >= 4 is 17.7 Å². The molecule has 1 rings (SSSR count). The monoisotopic (exact) mass is 330 g/mol. The Hall–Kier alpha value is -0.460. The second-order valence-corrected chi connectivity index (χ2v) is 6.98. The Labute approximate surface area is 140 Å². The number of nitrogens with zero attached hydrogens (tertiary/aromatic N) is 2. The van der Waals surface area contributed by atoms with Crippen LogP contribution in [0.3, 0.4) is 0 Å². The van der Waals surface area contributed by atoms with Crippen LogP contribution in [0.1, 0.15) is 33.1 Å². The molecule has 2 unspecified atom stereocenters. The van der Waals surface area contributed by atoms with Gasteiger partial charge in [0.05, 0.1) is 12.2 Å². The fourth-order valence-corrected chi connectivity index (χ4v) is 3.27. The normalized spacial score (nSPS) is 23.5. The maximum absolute atomic E-state index is 5.76. The molecule has 2 N–H and O–H groups in total. The number of rotatable bonds is 9. The number of ether oxygens (including phenoxy) is 1. The first-order valence-electron chi connectivity index (χ1n) is 8.47. The third-order valence-corrected chi connectivity index (χ3v) is 4.43. The highest BCUT2D eigenvalue weighted by atomic mass is 32.2. The van der Waals surface area contributed by atoms with Crippen LogP contribution in [0, 0.1) is 0 Å². The molecular formula is C16H34N4OS. The molecule has 1 heterocycles. The summed E-state index contributed by atoms with van der Waals surface area (Å²) in [6, 6.07) is 0. The SMILES string of the molecule is CN=C(NCCCCSC)NCCCN1CC(C)OC(C)C1. The van der Waals surface area contributed by atoms with Gasteiger partial charge in [0.1, 0.15) is 0 Å². The molecule has 130 valence electrons. The summed E-state index contributed by atoms with van der Waals surface area (Å²) in [7, 11) is 1.84. The topological polar surface area (TPSA) is 48.9 Å². The van der Waals surface area contributed by atoms with Crippen molar-refractivity contribution in [3.8, 4) is 0 Å². The molecule has 0 amide bonds. The van der Waals surface area contributed by atoms with E-state index in [9.17, 15) is 0 Å². The molecule has 1 fully saturated rings. The Bertz CT molecular complexity index is 305. The van der Waals surface area contributed by atoms with Gasteiger partial charge in [0.2, 0.25) is 0 Å². The number of nitrogens with one attached hydrogen (secondary N) is 2. The maximum Gasteiger partial charge on any atom is 0.190 e. The van der Waals surface area contributed by atoms with Gasteiger partial charge in [0.25, 0.3) is 0 Å². The first-order chi connectivity index (χ1) is 10.7. The van der Waals surface area contributed by atoms with E-state index >= 15 is 0 Å². The van der Waals surface area contributed by atoms with Crippen LogP contribution in [0.5, 0.6) is 0 Å². The quantitative estimate of drug-likeness (QED) is 0.383. The summed E-state index contributed by atoms with van der Waals surface area (Å²) < 4.78 is 5.76. The van der Waals surface area contributed by atoms with Crippen LogP contribution in [0.4, 0.5) is 0 Å². The minimum absolute atomic E-state index is 0.354. The maximum atomic E-state index is 5.76. The van der Waals surface area contributed by atoms with Gasteiger partial charge in [-0.2, -0.15) is 11.8 Å². The van der Waals surface area contributed by atoms with E-state index < -0.39 is 0 Å². The Kier molecular flexibility index (Phi) is 10.7. The van der Waals surface area contributed by atoms with Gasteiger partial charge in [-0.25, -0.2) is 0 Å². The fraction of sp³-hybridized carbons (Fsp3) is 0.938. The molecule has 5 nitrogen and oxygen atoms in total. The number of aliphatic imine (C=N–C) groups is 1. The van der Waals surface area contributed by atoms with Crippen LogP contribution < -0.4 is 10.6 Å². The summed E-state index contributed by atoms with van der Waals surface area (Å²) in [5, 5.41) is 6.77. The van der Waals surface area contributed by atoms with Gasteiger partial charge in [0.15, 0.2) is 5.96 Å². The van der Waals surface area contributed by atoms with Crippen molar-refractivity contribution in [1.29, 1.82) is 0 Å². The number of unbranched alkanes of at least 4 members (excludes halogenated alkanes) is 1. The summed E-state index contributed by atoms with van der Waals surface area (Å²) >= 11 is 1.91. The molecule has 0 aromatic heterocycles. The molecule has 0 spiro atoms. The second-order valence-electron chi connectivity index (χ2n) is 6.00. The summed E-state index contributed by atoms with van der Waals surface area (Å²) in [6.07, 6.45) is 6.46. The minimum atomic E-state index is 0.354. The lowest BCUT2D eigenvalue weighted by Crippen LogP contribution is -2.46. The number of guanidine groups is 1. The lowest BCUT2D eigenvalue weighted by molar-refractivity contribution is -0.0679. The zero-order chi connectivity index (χ0) is 16.2. The molecule has 0 saturated carbocycles. The smallest absolute Gasteiger partial charge is 0.190 e. The van der Waals surface area contributed by atoms with Gasteiger partial charge in [-0.15, -0.1) is 0 Å². The molecule has 0 aromatic rings.